The molecule has 94 valence electrons. The lowest BCUT2D eigenvalue weighted by atomic mass is 10.0. The summed E-state index contributed by atoms with van der Waals surface area (Å²) in [5.74, 6) is 0.859. The van der Waals surface area contributed by atoms with Crippen LogP contribution in [0.15, 0.2) is 4.42 Å². The number of hydrogen-bond donors (Lipinski definition) is 1. The van der Waals surface area contributed by atoms with E-state index in [9.17, 15) is 4.79 Å². The van der Waals surface area contributed by atoms with Crippen molar-refractivity contribution in [1.29, 1.82) is 0 Å². The fourth-order valence-electron chi connectivity index (χ4n) is 2.19. The minimum Gasteiger partial charge on any atom is -0.436 e. The number of aryl methyl sites for hydroxylation is 2. The zero-order chi connectivity index (χ0) is 12.6. The number of carbonyl (C=O) groups excluding carboxylic acids is 1. The van der Waals surface area contributed by atoms with Crippen LogP contribution in [0.5, 0.6) is 0 Å². The van der Waals surface area contributed by atoms with Gasteiger partial charge in [0.2, 0.25) is 5.76 Å². The summed E-state index contributed by atoms with van der Waals surface area (Å²) in [6.07, 6.45) is 0. The van der Waals surface area contributed by atoms with E-state index in [1.54, 1.807) is 13.8 Å². The van der Waals surface area contributed by atoms with E-state index in [0.29, 0.717) is 30.4 Å². The van der Waals surface area contributed by atoms with Crippen LogP contribution in [-0.2, 0) is 0 Å². The number of aromatic nitrogens is 1. The van der Waals surface area contributed by atoms with Crippen molar-refractivity contribution in [2.75, 3.05) is 19.6 Å². The Balaban J connectivity index is 2.18. The van der Waals surface area contributed by atoms with Crippen LogP contribution in [0.1, 0.15) is 36.0 Å². The van der Waals surface area contributed by atoms with E-state index in [-0.39, 0.29) is 11.4 Å². The van der Waals surface area contributed by atoms with Crippen LogP contribution in [0, 0.1) is 13.8 Å². The van der Waals surface area contributed by atoms with Crippen molar-refractivity contribution >= 4 is 5.91 Å². The van der Waals surface area contributed by atoms with Crippen LogP contribution < -0.4 is 5.32 Å². The summed E-state index contributed by atoms with van der Waals surface area (Å²) in [7, 11) is 0. The Morgan fingerprint density at radius 1 is 1.47 bits per heavy atom. The number of hydrogen-bond acceptors (Lipinski definition) is 4. The van der Waals surface area contributed by atoms with Crippen LogP contribution >= 0.6 is 0 Å². The molecule has 0 radical (unpaired) electrons. The van der Waals surface area contributed by atoms with Crippen LogP contribution in [0.3, 0.4) is 0 Å². The van der Waals surface area contributed by atoms with Gasteiger partial charge in [-0.05, 0) is 20.8 Å². The van der Waals surface area contributed by atoms with Crippen LogP contribution in [-0.4, -0.2) is 41.0 Å². The molecule has 2 rings (SSSR count). The quantitative estimate of drug-likeness (QED) is 0.795. The Kier molecular flexibility index (Phi) is 2.95. The molecule has 0 atom stereocenters. The molecule has 17 heavy (non-hydrogen) atoms. The van der Waals surface area contributed by atoms with Gasteiger partial charge in [-0.1, -0.05) is 0 Å². The van der Waals surface area contributed by atoms with E-state index in [1.165, 1.54) is 0 Å². The van der Waals surface area contributed by atoms with E-state index < -0.39 is 0 Å². The third-order valence-electron chi connectivity index (χ3n) is 2.96. The van der Waals surface area contributed by atoms with Gasteiger partial charge >= 0.3 is 0 Å². The number of nitrogens with zero attached hydrogens (tertiary/aromatic N) is 2. The first-order chi connectivity index (χ1) is 7.89. The van der Waals surface area contributed by atoms with Gasteiger partial charge in [-0.15, -0.1) is 0 Å². The van der Waals surface area contributed by atoms with Gasteiger partial charge in [-0.25, -0.2) is 4.98 Å². The summed E-state index contributed by atoms with van der Waals surface area (Å²) in [6, 6.07) is 0. The Morgan fingerprint density at radius 2 is 2.18 bits per heavy atom. The minimum atomic E-state index is -0.0577. The molecule has 0 aliphatic carbocycles. The molecule has 5 heteroatoms. The highest BCUT2D eigenvalue weighted by Crippen LogP contribution is 2.16. The van der Waals surface area contributed by atoms with Gasteiger partial charge < -0.3 is 14.6 Å². The van der Waals surface area contributed by atoms with Crippen molar-refractivity contribution in [2.45, 2.75) is 33.2 Å². The van der Waals surface area contributed by atoms with Gasteiger partial charge in [0.05, 0.1) is 5.69 Å². The second-order valence-electron chi connectivity index (χ2n) is 5.18. The van der Waals surface area contributed by atoms with E-state index in [2.05, 4.69) is 24.1 Å². The van der Waals surface area contributed by atoms with Crippen molar-refractivity contribution < 1.29 is 9.21 Å². The molecule has 0 bridgehead atoms. The molecular weight excluding hydrogens is 218 g/mol. The van der Waals surface area contributed by atoms with E-state index in [0.717, 1.165) is 6.54 Å². The van der Waals surface area contributed by atoms with Crippen molar-refractivity contribution in [3.05, 3.63) is 17.3 Å². The highest BCUT2D eigenvalue weighted by Gasteiger charge is 2.31. The molecule has 1 saturated heterocycles. The molecule has 0 spiro atoms. The normalized spacial score (nSPS) is 19.4. The highest BCUT2D eigenvalue weighted by molar-refractivity contribution is 5.92. The van der Waals surface area contributed by atoms with Gasteiger partial charge in [0.25, 0.3) is 5.91 Å². The van der Waals surface area contributed by atoms with Gasteiger partial charge in [0.15, 0.2) is 5.89 Å². The van der Waals surface area contributed by atoms with E-state index in [1.807, 2.05) is 4.90 Å². The third-order valence-corrected chi connectivity index (χ3v) is 2.96. The van der Waals surface area contributed by atoms with Crippen LogP contribution in [0.25, 0.3) is 0 Å². The van der Waals surface area contributed by atoms with Crippen molar-refractivity contribution in [1.82, 2.24) is 15.2 Å². The van der Waals surface area contributed by atoms with Crippen LogP contribution in [0.4, 0.5) is 0 Å². The lowest BCUT2D eigenvalue weighted by molar-refractivity contribution is 0.0618. The summed E-state index contributed by atoms with van der Waals surface area (Å²) >= 11 is 0. The molecule has 1 aliphatic rings. The number of nitrogens with one attached hydrogen (secondary N) is 1. The number of oxazole rings is 1. The average Bonchev–Trinajstić information content (AvgIpc) is 2.55. The SMILES string of the molecule is Cc1nc(C)c(C(=O)N2CCNC(C)(C)C2)o1. The Morgan fingerprint density at radius 3 is 2.71 bits per heavy atom. The number of carbonyl (C=O) groups is 1. The number of rotatable bonds is 1. The summed E-state index contributed by atoms with van der Waals surface area (Å²) in [5.41, 5.74) is 0.625. The topological polar surface area (TPSA) is 58.4 Å². The first kappa shape index (κ1) is 12.1. The lowest BCUT2D eigenvalue weighted by Gasteiger charge is -2.38. The first-order valence-electron chi connectivity index (χ1n) is 5.87. The van der Waals surface area contributed by atoms with E-state index >= 15 is 0 Å². The summed E-state index contributed by atoms with van der Waals surface area (Å²) in [4.78, 5) is 18.2. The predicted octanol–water partition coefficient (Wildman–Crippen LogP) is 1.12. The molecule has 0 unspecified atom stereocenters. The largest absolute Gasteiger partial charge is 0.436 e. The summed E-state index contributed by atoms with van der Waals surface area (Å²) in [5, 5.41) is 3.37. The Bertz CT molecular complexity index is 437. The smallest absolute Gasteiger partial charge is 0.291 e. The second-order valence-corrected chi connectivity index (χ2v) is 5.18. The predicted molar refractivity (Wildman–Crippen MR) is 64.0 cm³/mol. The zero-order valence-corrected chi connectivity index (χ0v) is 10.8. The minimum absolute atomic E-state index is 0.0448. The standard InChI is InChI=1S/C12H19N3O2/c1-8-10(17-9(2)14-8)11(16)15-6-5-13-12(3,4)7-15/h13H,5-7H2,1-4H3. The van der Waals surface area contributed by atoms with Crippen molar-refractivity contribution in [2.24, 2.45) is 0 Å². The molecule has 1 aromatic heterocycles. The van der Waals surface area contributed by atoms with E-state index in [4.69, 9.17) is 4.42 Å². The lowest BCUT2D eigenvalue weighted by Crippen LogP contribution is -2.58. The molecule has 0 saturated carbocycles. The highest BCUT2D eigenvalue weighted by atomic mass is 16.4. The van der Waals surface area contributed by atoms with Gasteiger partial charge in [0, 0.05) is 32.1 Å². The molecule has 1 amide bonds. The maximum absolute atomic E-state index is 12.3. The molecule has 0 aromatic carbocycles. The first-order valence-corrected chi connectivity index (χ1v) is 5.87. The maximum atomic E-state index is 12.3. The maximum Gasteiger partial charge on any atom is 0.291 e. The molecule has 1 aliphatic heterocycles. The monoisotopic (exact) mass is 237 g/mol. The second kappa shape index (κ2) is 4.14. The summed E-state index contributed by atoms with van der Waals surface area (Å²) < 4.78 is 5.37. The van der Waals surface area contributed by atoms with Gasteiger partial charge in [0.1, 0.15) is 0 Å². The van der Waals surface area contributed by atoms with Gasteiger partial charge in [-0.2, -0.15) is 0 Å². The molecule has 2 heterocycles. The zero-order valence-electron chi connectivity index (χ0n) is 10.8. The summed E-state index contributed by atoms with van der Waals surface area (Å²) in [6.45, 7) is 9.94. The Hall–Kier alpha value is -1.36. The van der Waals surface area contributed by atoms with Crippen molar-refractivity contribution in [3.63, 3.8) is 0 Å². The number of amides is 1. The molecule has 1 aromatic rings. The van der Waals surface area contributed by atoms with Gasteiger partial charge in [-0.3, -0.25) is 4.79 Å². The average molecular weight is 237 g/mol. The fraction of sp³-hybridized carbons (Fsp3) is 0.667. The molecule has 1 N–H and O–H groups in total. The van der Waals surface area contributed by atoms with Crippen LogP contribution in [0.2, 0.25) is 0 Å². The molecule has 5 nitrogen and oxygen atoms in total. The van der Waals surface area contributed by atoms with Crippen molar-refractivity contribution in [3.8, 4) is 0 Å². The fourth-order valence-corrected chi connectivity index (χ4v) is 2.19. The molecular formula is C12H19N3O2. The Labute approximate surface area is 101 Å². The third kappa shape index (κ3) is 2.49. The molecule has 1 fully saturated rings. The number of piperazine rings is 1.